The Bertz CT molecular complexity index is 737. The number of rotatable bonds is 3. The lowest BCUT2D eigenvalue weighted by atomic mass is 10.1. The summed E-state index contributed by atoms with van der Waals surface area (Å²) < 4.78 is 5.48. The molecule has 0 aliphatic carbocycles. The third-order valence-electron chi connectivity index (χ3n) is 4.38. The number of morpholine rings is 1. The lowest BCUT2D eigenvalue weighted by molar-refractivity contribution is 0.0546. The Kier molecular flexibility index (Phi) is 4.58. The van der Waals surface area contributed by atoms with E-state index in [2.05, 4.69) is 32.2 Å². The van der Waals surface area contributed by atoms with Crippen molar-refractivity contribution >= 4 is 23.0 Å². The molecule has 0 radical (unpaired) electrons. The highest BCUT2D eigenvalue weighted by atomic mass is 32.1. The summed E-state index contributed by atoms with van der Waals surface area (Å²) in [5.41, 5.74) is 4.34. The fraction of sp³-hybridized carbons (Fsp3) is 0.278. The van der Waals surface area contributed by atoms with Crippen molar-refractivity contribution in [1.82, 2.24) is 20.9 Å². The van der Waals surface area contributed by atoms with Gasteiger partial charge in [0.2, 0.25) is 0 Å². The first-order chi connectivity index (χ1) is 12.3. The largest absolute Gasteiger partial charge is 0.378 e. The number of hydrogen-bond donors (Lipinski definition) is 4. The van der Waals surface area contributed by atoms with Gasteiger partial charge in [0.1, 0.15) is 6.17 Å². The summed E-state index contributed by atoms with van der Waals surface area (Å²) in [6.07, 6.45) is 6.14. The Morgan fingerprint density at radius 1 is 1.12 bits per heavy atom. The molecule has 1 aromatic carbocycles. The van der Waals surface area contributed by atoms with Gasteiger partial charge >= 0.3 is 0 Å². The van der Waals surface area contributed by atoms with Crippen LogP contribution in [0.3, 0.4) is 0 Å². The average Bonchev–Trinajstić information content (AvgIpc) is 3.06. The van der Waals surface area contributed by atoms with E-state index in [1.54, 1.807) is 0 Å². The van der Waals surface area contributed by atoms with E-state index in [1.807, 2.05) is 42.7 Å². The first-order valence-electron chi connectivity index (χ1n) is 8.40. The maximum atomic E-state index is 5.48. The number of benzene rings is 1. The van der Waals surface area contributed by atoms with Crippen molar-refractivity contribution < 1.29 is 4.74 Å². The summed E-state index contributed by atoms with van der Waals surface area (Å²) in [6.45, 7) is 3.32. The fourth-order valence-corrected chi connectivity index (χ4v) is 3.43. The van der Waals surface area contributed by atoms with Crippen LogP contribution < -0.4 is 21.3 Å². The highest BCUT2D eigenvalue weighted by Gasteiger charge is 2.30. The second-order valence-electron chi connectivity index (χ2n) is 6.00. The van der Waals surface area contributed by atoms with Crippen LogP contribution in [-0.2, 0) is 4.74 Å². The number of nitrogens with zero attached hydrogens (tertiary/aromatic N) is 1. The Morgan fingerprint density at radius 3 is 2.72 bits per heavy atom. The minimum absolute atomic E-state index is 0.0601. The minimum Gasteiger partial charge on any atom is -0.378 e. The predicted octanol–water partition coefficient (Wildman–Crippen LogP) is 1.45. The normalized spacial score (nSPS) is 21.8. The van der Waals surface area contributed by atoms with Crippen molar-refractivity contribution in [3.63, 3.8) is 0 Å². The maximum Gasteiger partial charge on any atom is 0.175 e. The summed E-state index contributed by atoms with van der Waals surface area (Å²) in [4.78, 5) is 2.36. The third-order valence-corrected chi connectivity index (χ3v) is 4.59. The standard InChI is InChI=1S/C18H21N5OS/c25-18(21-13-4-2-1-3-5-13)22-14-12-20-17-16(14)15(6-7-19-17)23-8-10-24-11-9-23/h1-7,12,17,19-20H,8-11H2,(H2,21,22,25). The SMILES string of the molecule is S=C(NC1=CNC2NC=CC(N3CCOCC3)=C12)Nc1ccccc1. The van der Waals surface area contributed by atoms with Crippen molar-refractivity contribution in [2.75, 3.05) is 31.6 Å². The van der Waals surface area contributed by atoms with E-state index in [0.717, 1.165) is 37.7 Å². The van der Waals surface area contributed by atoms with Gasteiger partial charge < -0.3 is 30.9 Å². The number of para-hydroxylation sites is 1. The third kappa shape index (κ3) is 3.47. The van der Waals surface area contributed by atoms with Crippen LogP contribution in [0.1, 0.15) is 0 Å². The van der Waals surface area contributed by atoms with E-state index in [-0.39, 0.29) is 6.17 Å². The van der Waals surface area contributed by atoms with E-state index in [4.69, 9.17) is 17.0 Å². The molecule has 1 fully saturated rings. The molecular formula is C18H21N5OS. The summed E-state index contributed by atoms with van der Waals surface area (Å²) >= 11 is 5.48. The number of dihydropyridines is 1. The van der Waals surface area contributed by atoms with Gasteiger partial charge in [0.15, 0.2) is 5.11 Å². The highest BCUT2D eigenvalue weighted by Crippen LogP contribution is 2.27. The smallest absolute Gasteiger partial charge is 0.175 e. The van der Waals surface area contributed by atoms with Crippen LogP contribution in [0.15, 0.2) is 65.8 Å². The summed E-state index contributed by atoms with van der Waals surface area (Å²) in [7, 11) is 0. The van der Waals surface area contributed by atoms with Crippen molar-refractivity contribution in [2.24, 2.45) is 0 Å². The minimum atomic E-state index is 0.0601. The number of fused-ring (bicyclic) bond motifs is 1. The molecule has 1 saturated heterocycles. The van der Waals surface area contributed by atoms with Gasteiger partial charge in [-0.05, 0) is 30.4 Å². The summed E-state index contributed by atoms with van der Waals surface area (Å²) in [6, 6.07) is 9.91. The maximum absolute atomic E-state index is 5.48. The fourth-order valence-electron chi connectivity index (χ4n) is 3.20. The molecule has 0 aromatic heterocycles. The summed E-state index contributed by atoms with van der Waals surface area (Å²) in [5.74, 6) is 0. The molecule has 130 valence electrons. The lowest BCUT2D eigenvalue weighted by Gasteiger charge is -2.34. The Morgan fingerprint density at radius 2 is 1.92 bits per heavy atom. The van der Waals surface area contributed by atoms with Crippen LogP contribution in [0, 0.1) is 0 Å². The van der Waals surface area contributed by atoms with E-state index in [0.29, 0.717) is 5.11 Å². The predicted molar refractivity (Wildman–Crippen MR) is 102 cm³/mol. The molecule has 0 bridgehead atoms. The van der Waals surface area contributed by atoms with Crippen LogP contribution in [0.4, 0.5) is 5.69 Å². The zero-order valence-electron chi connectivity index (χ0n) is 13.8. The number of nitrogens with one attached hydrogen (secondary N) is 4. The lowest BCUT2D eigenvalue weighted by Crippen LogP contribution is -2.43. The van der Waals surface area contributed by atoms with Gasteiger partial charge in [-0.3, -0.25) is 0 Å². The van der Waals surface area contributed by atoms with Gasteiger partial charge in [0.05, 0.1) is 18.9 Å². The van der Waals surface area contributed by atoms with Gasteiger partial charge in [-0.15, -0.1) is 0 Å². The van der Waals surface area contributed by atoms with Crippen LogP contribution in [0.25, 0.3) is 0 Å². The molecule has 3 aliphatic rings. The van der Waals surface area contributed by atoms with Crippen molar-refractivity contribution in [2.45, 2.75) is 6.17 Å². The molecule has 4 N–H and O–H groups in total. The van der Waals surface area contributed by atoms with Crippen molar-refractivity contribution in [3.05, 3.63) is 65.8 Å². The van der Waals surface area contributed by atoms with Crippen LogP contribution in [0.2, 0.25) is 0 Å². The van der Waals surface area contributed by atoms with Crippen LogP contribution in [0.5, 0.6) is 0 Å². The molecule has 3 heterocycles. The van der Waals surface area contributed by atoms with E-state index in [1.165, 1.54) is 11.3 Å². The zero-order valence-corrected chi connectivity index (χ0v) is 14.6. The topological polar surface area (TPSA) is 60.6 Å². The molecule has 0 saturated carbocycles. The van der Waals surface area contributed by atoms with E-state index >= 15 is 0 Å². The molecule has 25 heavy (non-hydrogen) atoms. The molecule has 1 unspecified atom stereocenters. The molecule has 7 heteroatoms. The molecular weight excluding hydrogens is 334 g/mol. The van der Waals surface area contributed by atoms with Gasteiger partial charge in [0.25, 0.3) is 0 Å². The van der Waals surface area contributed by atoms with Gasteiger partial charge in [-0.25, -0.2) is 0 Å². The number of ether oxygens (including phenoxy) is 1. The van der Waals surface area contributed by atoms with Crippen molar-refractivity contribution in [1.29, 1.82) is 0 Å². The van der Waals surface area contributed by atoms with E-state index in [9.17, 15) is 0 Å². The molecule has 1 aromatic rings. The van der Waals surface area contributed by atoms with Gasteiger partial charge in [0, 0.05) is 42.4 Å². The second kappa shape index (κ2) is 7.16. The average molecular weight is 355 g/mol. The second-order valence-corrected chi connectivity index (χ2v) is 6.41. The van der Waals surface area contributed by atoms with Crippen molar-refractivity contribution in [3.8, 4) is 0 Å². The van der Waals surface area contributed by atoms with Gasteiger partial charge in [-0.2, -0.15) is 0 Å². The van der Waals surface area contributed by atoms with Crippen LogP contribution >= 0.6 is 12.2 Å². The molecule has 4 rings (SSSR count). The zero-order chi connectivity index (χ0) is 17.1. The number of hydrogen-bond acceptors (Lipinski definition) is 5. The first kappa shape index (κ1) is 16.0. The quantitative estimate of drug-likeness (QED) is 0.612. The molecule has 0 amide bonds. The number of allylic oxidation sites excluding steroid dienone is 1. The summed E-state index contributed by atoms with van der Waals surface area (Å²) in [5, 5.41) is 13.8. The molecule has 3 aliphatic heterocycles. The molecule has 6 nitrogen and oxygen atoms in total. The number of thiocarbonyl (C=S) groups is 1. The molecule has 1 atom stereocenters. The monoisotopic (exact) mass is 355 g/mol. The Balaban J connectivity index is 1.52. The Hall–Kier alpha value is -2.51. The highest BCUT2D eigenvalue weighted by molar-refractivity contribution is 7.80. The molecule has 0 spiro atoms. The number of anilines is 1. The van der Waals surface area contributed by atoms with Crippen LogP contribution in [-0.4, -0.2) is 42.5 Å². The first-order valence-corrected chi connectivity index (χ1v) is 8.81. The Labute approximate surface area is 152 Å². The van der Waals surface area contributed by atoms with E-state index < -0.39 is 0 Å². The van der Waals surface area contributed by atoms with Gasteiger partial charge in [-0.1, -0.05) is 18.2 Å².